The minimum atomic E-state index is -4.40. The summed E-state index contributed by atoms with van der Waals surface area (Å²) in [5.74, 6) is 0.351. The van der Waals surface area contributed by atoms with E-state index in [1.807, 2.05) is 6.92 Å². The topological polar surface area (TPSA) is 107 Å². The van der Waals surface area contributed by atoms with Gasteiger partial charge in [0.15, 0.2) is 0 Å². The Morgan fingerprint density at radius 3 is 1.80 bits per heavy atom. The van der Waals surface area contributed by atoms with E-state index < -0.39 is 7.82 Å². The van der Waals surface area contributed by atoms with Crippen LogP contribution >= 0.6 is 7.82 Å². The molecule has 0 spiro atoms. The number of phosphoric ester groups is 1. The Labute approximate surface area is 116 Å². The second-order valence-corrected chi connectivity index (χ2v) is 5.08. The van der Waals surface area contributed by atoms with Crippen LogP contribution in [-0.2, 0) is 4.57 Å². The first-order valence-corrected chi connectivity index (χ1v) is 7.09. The standard InChI is InChI=1S/C7H9O4P.C6H6O2/c1-6-2-4-7(5-3-6)11-12(8,9)10;7-5-2-1-3-6(8)4-5/h2-5H,1H3,(H2,8,9,10);1-4,7-8H. The quantitative estimate of drug-likeness (QED) is 0.635. The summed E-state index contributed by atoms with van der Waals surface area (Å²) in [4.78, 5) is 16.9. The Balaban J connectivity index is 0.000000217. The van der Waals surface area contributed by atoms with E-state index in [2.05, 4.69) is 4.52 Å². The molecular weight excluding hydrogens is 283 g/mol. The molecule has 2 aromatic rings. The van der Waals surface area contributed by atoms with Crippen LogP contribution in [-0.4, -0.2) is 20.0 Å². The van der Waals surface area contributed by atoms with Crippen LogP contribution in [0, 0.1) is 6.92 Å². The molecule has 2 aromatic carbocycles. The van der Waals surface area contributed by atoms with Gasteiger partial charge in [-0.2, -0.15) is 0 Å². The summed E-state index contributed by atoms with van der Waals surface area (Å²) in [6, 6.07) is 12.3. The highest BCUT2D eigenvalue weighted by Gasteiger charge is 2.14. The maximum atomic E-state index is 10.4. The molecule has 0 amide bonds. The number of hydrogen-bond donors (Lipinski definition) is 4. The van der Waals surface area contributed by atoms with E-state index in [4.69, 9.17) is 20.0 Å². The fourth-order valence-corrected chi connectivity index (χ4v) is 1.63. The van der Waals surface area contributed by atoms with Gasteiger partial charge in [-0.1, -0.05) is 23.8 Å². The number of benzene rings is 2. The maximum absolute atomic E-state index is 10.4. The van der Waals surface area contributed by atoms with Gasteiger partial charge in [0.25, 0.3) is 0 Å². The predicted molar refractivity (Wildman–Crippen MR) is 73.6 cm³/mol. The van der Waals surface area contributed by atoms with Crippen LogP contribution in [0.4, 0.5) is 0 Å². The smallest absolute Gasteiger partial charge is 0.508 e. The summed E-state index contributed by atoms with van der Waals surface area (Å²) in [5.41, 5.74) is 1.01. The first kappa shape index (κ1) is 16.0. The van der Waals surface area contributed by atoms with Crippen molar-refractivity contribution in [1.82, 2.24) is 0 Å². The molecule has 20 heavy (non-hydrogen) atoms. The van der Waals surface area contributed by atoms with Crippen LogP contribution in [0.15, 0.2) is 48.5 Å². The number of aromatic hydroxyl groups is 2. The summed E-state index contributed by atoms with van der Waals surface area (Å²) in [6.45, 7) is 1.88. The van der Waals surface area contributed by atoms with Gasteiger partial charge in [-0.3, -0.25) is 9.79 Å². The van der Waals surface area contributed by atoms with Crippen molar-refractivity contribution in [2.45, 2.75) is 6.92 Å². The van der Waals surface area contributed by atoms with Crippen molar-refractivity contribution in [3.63, 3.8) is 0 Å². The molecule has 0 aliphatic rings. The van der Waals surface area contributed by atoms with E-state index in [1.54, 1.807) is 18.2 Å². The highest BCUT2D eigenvalue weighted by Crippen LogP contribution is 2.37. The van der Waals surface area contributed by atoms with Gasteiger partial charge in [0.2, 0.25) is 0 Å². The minimum absolute atomic E-state index is 0.0880. The molecule has 0 bridgehead atoms. The Kier molecular flexibility index (Phi) is 5.58. The summed E-state index contributed by atoms with van der Waals surface area (Å²) in [7, 11) is -4.40. The van der Waals surface area contributed by atoms with Crippen molar-refractivity contribution in [1.29, 1.82) is 0 Å². The van der Waals surface area contributed by atoms with Crippen LogP contribution in [0.3, 0.4) is 0 Å². The van der Waals surface area contributed by atoms with Crippen molar-refractivity contribution < 1.29 is 29.1 Å². The minimum Gasteiger partial charge on any atom is -0.508 e. The molecule has 0 atom stereocenters. The number of phenols is 2. The van der Waals surface area contributed by atoms with Crippen LogP contribution in [0.1, 0.15) is 5.56 Å². The Morgan fingerprint density at radius 2 is 1.45 bits per heavy atom. The van der Waals surface area contributed by atoms with Gasteiger partial charge >= 0.3 is 7.82 Å². The maximum Gasteiger partial charge on any atom is 0.524 e. The van der Waals surface area contributed by atoms with E-state index >= 15 is 0 Å². The van der Waals surface area contributed by atoms with Gasteiger partial charge in [-0.15, -0.1) is 0 Å². The number of phenolic OH excluding ortho intramolecular Hbond substituents is 2. The van der Waals surface area contributed by atoms with Gasteiger partial charge in [0.05, 0.1) is 0 Å². The van der Waals surface area contributed by atoms with Crippen LogP contribution in [0.25, 0.3) is 0 Å². The predicted octanol–water partition coefficient (Wildman–Crippen LogP) is 2.56. The van der Waals surface area contributed by atoms with Crippen LogP contribution in [0.2, 0.25) is 0 Å². The average molecular weight is 298 g/mol. The molecule has 0 saturated carbocycles. The van der Waals surface area contributed by atoms with Crippen LogP contribution in [0.5, 0.6) is 17.2 Å². The molecule has 0 aliphatic carbocycles. The lowest BCUT2D eigenvalue weighted by Gasteiger charge is -2.05. The molecule has 0 saturated heterocycles. The molecule has 0 aromatic heterocycles. The van der Waals surface area contributed by atoms with Crippen molar-refractivity contribution in [3.05, 3.63) is 54.1 Å². The van der Waals surface area contributed by atoms with E-state index in [1.165, 1.54) is 30.3 Å². The van der Waals surface area contributed by atoms with E-state index in [-0.39, 0.29) is 17.2 Å². The summed E-state index contributed by atoms with van der Waals surface area (Å²) in [5, 5.41) is 17.3. The van der Waals surface area contributed by atoms with E-state index in [0.717, 1.165) is 5.56 Å². The van der Waals surface area contributed by atoms with Gasteiger partial charge < -0.3 is 14.7 Å². The van der Waals surface area contributed by atoms with Crippen molar-refractivity contribution in [2.24, 2.45) is 0 Å². The molecule has 4 N–H and O–H groups in total. The lowest BCUT2D eigenvalue weighted by molar-refractivity contribution is 0.283. The molecule has 0 heterocycles. The zero-order valence-electron chi connectivity index (χ0n) is 10.7. The Morgan fingerprint density at radius 1 is 0.950 bits per heavy atom. The number of rotatable bonds is 2. The number of hydrogen-bond acceptors (Lipinski definition) is 4. The first-order chi connectivity index (χ1) is 9.26. The van der Waals surface area contributed by atoms with Gasteiger partial charge in [0, 0.05) is 6.07 Å². The molecule has 0 fully saturated rings. The molecule has 2 rings (SSSR count). The van der Waals surface area contributed by atoms with Crippen molar-refractivity contribution >= 4 is 7.82 Å². The van der Waals surface area contributed by atoms with Crippen molar-refractivity contribution in [3.8, 4) is 17.2 Å². The van der Waals surface area contributed by atoms with Gasteiger partial charge in [0.1, 0.15) is 17.2 Å². The molecule has 6 nitrogen and oxygen atoms in total. The summed E-state index contributed by atoms with van der Waals surface area (Å²) in [6.07, 6.45) is 0. The number of aryl methyl sites for hydroxylation is 1. The zero-order chi connectivity index (χ0) is 15.2. The van der Waals surface area contributed by atoms with E-state index in [0.29, 0.717) is 0 Å². The fraction of sp³-hybridized carbons (Fsp3) is 0.0769. The highest BCUT2D eigenvalue weighted by atomic mass is 31.2. The highest BCUT2D eigenvalue weighted by molar-refractivity contribution is 7.46. The molecule has 0 unspecified atom stereocenters. The lowest BCUT2D eigenvalue weighted by atomic mass is 10.2. The summed E-state index contributed by atoms with van der Waals surface area (Å²) >= 11 is 0. The lowest BCUT2D eigenvalue weighted by Crippen LogP contribution is -1.89. The molecule has 7 heteroatoms. The Bertz CT molecular complexity index is 573. The SMILES string of the molecule is Cc1ccc(OP(=O)(O)O)cc1.Oc1cccc(O)c1. The monoisotopic (exact) mass is 298 g/mol. The zero-order valence-corrected chi connectivity index (χ0v) is 11.6. The number of phosphoric acid groups is 1. The average Bonchev–Trinajstić information content (AvgIpc) is 2.31. The second kappa shape index (κ2) is 6.96. The third-order valence-corrected chi connectivity index (χ3v) is 2.52. The van der Waals surface area contributed by atoms with Crippen molar-refractivity contribution in [2.75, 3.05) is 0 Å². The largest absolute Gasteiger partial charge is 0.524 e. The summed E-state index contributed by atoms with van der Waals surface area (Å²) < 4.78 is 14.7. The fourth-order valence-electron chi connectivity index (χ4n) is 1.23. The van der Waals surface area contributed by atoms with E-state index in [9.17, 15) is 4.57 Å². The molecule has 0 aliphatic heterocycles. The second-order valence-electron chi connectivity index (χ2n) is 3.91. The Hall–Kier alpha value is -2.01. The normalized spacial score (nSPS) is 10.3. The third-order valence-electron chi connectivity index (χ3n) is 2.08. The van der Waals surface area contributed by atoms with Crippen LogP contribution < -0.4 is 4.52 Å². The van der Waals surface area contributed by atoms with Gasteiger partial charge in [-0.25, -0.2) is 4.57 Å². The molecular formula is C13H15O6P. The molecule has 108 valence electrons. The third kappa shape index (κ3) is 6.80. The van der Waals surface area contributed by atoms with Gasteiger partial charge in [-0.05, 0) is 31.2 Å². The molecule has 0 radical (unpaired) electrons. The first-order valence-electron chi connectivity index (χ1n) is 5.56.